The Hall–Kier alpha value is -3.75. The van der Waals surface area contributed by atoms with Crippen LogP contribution >= 0.6 is 27.5 Å². The van der Waals surface area contributed by atoms with Crippen molar-refractivity contribution >= 4 is 61.4 Å². The quantitative estimate of drug-likeness (QED) is 0.127. The van der Waals surface area contributed by atoms with Crippen molar-refractivity contribution in [1.82, 2.24) is 15.0 Å². The van der Waals surface area contributed by atoms with Gasteiger partial charge in [-0.25, -0.2) is 9.97 Å². The number of allylic oxidation sites excluding steroid dienone is 1. The molecule has 1 aromatic carbocycles. The third kappa shape index (κ3) is 7.71. The standard InChI is InChI=1S/C26H23BrClF3N7O3/c1-38(2,13-15-8-23(26(29,30)31)36-25(15)37(40)41)7-3-4-18(39)9-17-10-19-22(12-32-17)33-14-34-24(19)35-16-5-6-21(28)20(27)11-16/h3-6,10-12,14H,7-9,13H2,1-2H3,(H,33,34,35)/q+1/b4-3+. The summed E-state index contributed by atoms with van der Waals surface area (Å²) < 4.78 is 40.0. The van der Waals surface area contributed by atoms with Crippen LogP contribution in [0.1, 0.15) is 12.1 Å². The topological polar surface area (TPSA) is 123 Å². The number of carbonyl (C=O) groups excluding carboxylic acids is 1. The van der Waals surface area contributed by atoms with Gasteiger partial charge in [0.1, 0.15) is 18.7 Å². The van der Waals surface area contributed by atoms with Crippen molar-refractivity contribution in [1.29, 1.82) is 0 Å². The average Bonchev–Trinajstić information content (AvgIpc) is 3.30. The van der Waals surface area contributed by atoms with Crippen molar-refractivity contribution < 1.29 is 27.4 Å². The van der Waals surface area contributed by atoms with Gasteiger partial charge in [0.15, 0.2) is 5.78 Å². The molecular formula is C26H23BrClF3N7O3+. The molecule has 0 unspecified atom stereocenters. The highest BCUT2D eigenvalue weighted by molar-refractivity contribution is 9.10. The SMILES string of the molecule is C[N+](C)(C/C=C/C(=O)Cc1cc2c(Nc3ccc(Cl)c(Br)c3)ncnc2cn1)CC1=C([N+](=O)[O-])N=C(C(F)(F)F)C1. The lowest BCUT2D eigenvalue weighted by Gasteiger charge is -2.28. The summed E-state index contributed by atoms with van der Waals surface area (Å²) in [6.07, 6.45) is 0.521. The number of quaternary nitrogens is 1. The van der Waals surface area contributed by atoms with Gasteiger partial charge in [0.25, 0.3) is 0 Å². The molecule has 0 atom stereocenters. The van der Waals surface area contributed by atoms with E-state index in [2.05, 4.69) is 41.2 Å². The maximum atomic E-state index is 13.1. The van der Waals surface area contributed by atoms with Crippen LogP contribution in [0.3, 0.4) is 0 Å². The summed E-state index contributed by atoms with van der Waals surface area (Å²) in [4.78, 5) is 39.1. The molecule has 4 rings (SSSR count). The van der Waals surface area contributed by atoms with E-state index < -0.39 is 29.1 Å². The van der Waals surface area contributed by atoms with E-state index in [1.165, 1.54) is 12.4 Å². The normalized spacial score (nSPS) is 14.2. The van der Waals surface area contributed by atoms with Crippen LogP contribution < -0.4 is 5.32 Å². The van der Waals surface area contributed by atoms with Gasteiger partial charge >= 0.3 is 12.0 Å². The lowest BCUT2D eigenvalue weighted by molar-refractivity contribution is -0.880. The van der Waals surface area contributed by atoms with Crippen LogP contribution in [0.25, 0.3) is 10.9 Å². The third-order valence-corrected chi connectivity index (χ3v) is 7.29. The molecule has 15 heteroatoms. The van der Waals surface area contributed by atoms with Crippen LogP contribution in [-0.4, -0.2) is 69.2 Å². The first kappa shape index (κ1) is 30.2. The molecule has 0 bridgehead atoms. The molecular weight excluding hydrogens is 631 g/mol. The molecule has 0 amide bonds. The molecule has 1 aliphatic heterocycles. The highest BCUT2D eigenvalue weighted by Gasteiger charge is 2.47. The smallest absolute Gasteiger partial charge is 0.358 e. The van der Waals surface area contributed by atoms with E-state index in [0.29, 0.717) is 31.9 Å². The molecule has 0 saturated heterocycles. The fourth-order valence-electron chi connectivity index (χ4n) is 4.19. The van der Waals surface area contributed by atoms with Crippen LogP contribution in [0.4, 0.5) is 24.7 Å². The number of hydrogen-bond acceptors (Lipinski definition) is 8. The van der Waals surface area contributed by atoms with E-state index in [4.69, 9.17) is 11.6 Å². The van der Waals surface area contributed by atoms with Crippen LogP contribution in [0, 0.1) is 10.1 Å². The van der Waals surface area contributed by atoms with Gasteiger partial charge in [0.05, 0.1) is 55.8 Å². The Balaban J connectivity index is 1.41. The lowest BCUT2D eigenvalue weighted by Crippen LogP contribution is -2.41. The largest absolute Gasteiger partial charge is 0.454 e. The molecule has 0 fully saturated rings. The Labute approximate surface area is 245 Å². The molecule has 3 heterocycles. The van der Waals surface area contributed by atoms with Gasteiger partial charge in [-0.3, -0.25) is 9.78 Å². The van der Waals surface area contributed by atoms with Gasteiger partial charge in [-0.05, 0) is 62.3 Å². The predicted octanol–water partition coefficient (Wildman–Crippen LogP) is 5.82. The minimum absolute atomic E-state index is 0.00925. The monoisotopic (exact) mass is 652 g/mol. The number of fused-ring (bicyclic) bond motifs is 1. The number of nitrogens with zero attached hydrogens (tertiary/aromatic N) is 6. The maximum Gasteiger partial charge on any atom is 0.454 e. The number of carbonyl (C=O) groups is 1. The molecule has 41 heavy (non-hydrogen) atoms. The second-order valence-corrected chi connectivity index (χ2v) is 11.2. The predicted molar refractivity (Wildman–Crippen MR) is 152 cm³/mol. The maximum absolute atomic E-state index is 13.1. The Kier molecular flexibility index (Phi) is 8.85. The van der Waals surface area contributed by atoms with Gasteiger partial charge in [-0.1, -0.05) is 11.6 Å². The van der Waals surface area contributed by atoms with Crippen LogP contribution in [-0.2, 0) is 11.2 Å². The molecule has 3 aromatic rings. The number of halogens is 5. The molecule has 214 valence electrons. The van der Waals surface area contributed by atoms with E-state index in [-0.39, 0.29) is 35.3 Å². The number of likely N-dealkylation sites (N-methyl/N-ethyl adjacent to an activating group) is 1. The molecule has 1 N–H and O–H groups in total. The number of nitrogens with one attached hydrogen (secondary N) is 1. The fraction of sp³-hybridized carbons (Fsp3) is 0.269. The third-order valence-electron chi connectivity index (χ3n) is 6.08. The Bertz CT molecular complexity index is 1620. The van der Waals surface area contributed by atoms with Gasteiger partial charge in [-0.2, -0.15) is 13.2 Å². The van der Waals surface area contributed by atoms with Crippen LogP contribution in [0.2, 0.25) is 5.02 Å². The molecule has 10 nitrogen and oxygen atoms in total. The molecule has 0 saturated carbocycles. The Morgan fingerprint density at radius 3 is 2.68 bits per heavy atom. The average molecular weight is 654 g/mol. The minimum Gasteiger partial charge on any atom is -0.358 e. The number of benzene rings is 1. The van der Waals surface area contributed by atoms with Gasteiger partial charge in [-0.15, -0.1) is 0 Å². The fourth-order valence-corrected chi connectivity index (χ4v) is 4.68. The van der Waals surface area contributed by atoms with Gasteiger partial charge in [0, 0.05) is 21.2 Å². The van der Waals surface area contributed by atoms with Gasteiger partial charge in [0.2, 0.25) is 5.71 Å². The number of alkyl halides is 3. The van der Waals surface area contributed by atoms with E-state index >= 15 is 0 Å². The van der Waals surface area contributed by atoms with Crippen LogP contribution in [0.5, 0.6) is 0 Å². The number of aromatic nitrogens is 3. The first-order valence-electron chi connectivity index (χ1n) is 12.1. The summed E-state index contributed by atoms with van der Waals surface area (Å²) in [6, 6.07) is 7.05. The summed E-state index contributed by atoms with van der Waals surface area (Å²) in [7, 11) is 3.40. The molecule has 0 spiro atoms. The zero-order valence-corrected chi connectivity index (χ0v) is 24.1. The number of aliphatic imine (C=N–C) groups is 1. The number of anilines is 2. The van der Waals surface area contributed by atoms with Crippen molar-refractivity contribution in [3.05, 3.63) is 85.6 Å². The van der Waals surface area contributed by atoms with Crippen molar-refractivity contribution in [2.24, 2.45) is 4.99 Å². The summed E-state index contributed by atoms with van der Waals surface area (Å²) in [5.41, 5.74) is 0.607. The van der Waals surface area contributed by atoms with E-state index in [0.717, 1.165) is 5.69 Å². The van der Waals surface area contributed by atoms with Crippen LogP contribution in [0.15, 0.2) is 69.8 Å². The first-order chi connectivity index (χ1) is 19.2. The van der Waals surface area contributed by atoms with E-state index in [1.54, 1.807) is 50.6 Å². The highest BCUT2D eigenvalue weighted by atomic mass is 79.9. The van der Waals surface area contributed by atoms with E-state index in [9.17, 15) is 28.1 Å². The second kappa shape index (κ2) is 12.0. The summed E-state index contributed by atoms with van der Waals surface area (Å²) in [5.74, 6) is -0.506. The number of ketones is 1. The second-order valence-electron chi connectivity index (χ2n) is 9.91. The summed E-state index contributed by atoms with van der Waals surface area (Å²) >= 11 is 9.45. The first-order valence-corrected chi connectivity index (χ1v) is 13.2. The Morgan fingerprint density at radius 2 is 2.00 bits per heavy atom. The number of pyridine rings is 1. The van der Waals surface area contributed by atoms with Crippen molar-refractivity contribution in [2.75, 3.05) is 32.5 Å². The Morgan fingerprint density at radius 1 is 1.24 bits per heavy atom. The van der Waals surface area contributed by atoms with Gasteiger partial charge < -0.3 is 19.9 Å². The summed E-state index contributed by atoms with van der Waals surface area (Å²) in [6.45, 7) is 0.204. The highest BCUT2D eigenvalue weighted by Crippen LogP contribution is 2.31. The van der Waals surface area contributed by atoms with Crippen molar-refractivity contribution in [2.45, 2.75) is 19.0 Å². The van der Waals surface area contributed by atoms with Crippen molar-refractivity contribution in [3.8, 4) is 0 Å². The summed E-state index contributed by atoms with van der Waals surface area (Å²) in [5, 5.41) is 15.7. The molecule has 0 aliphatic carbocycles. The molecule has 0 radical (unpaired) electrons. The lowest BCUT2D eigenvalue weighted by atomic mass is 10.1. The molecule has 2 aromatic heterocycles. The van der Waals surface area contributed by atoms with E-state index in [1.807, 2.05) is 0 Å². The molecule has 1 aliphatic rings. The number of nitro groups is 1. The minimum atomic E-state index is -4.74. The van der Waals surface area contributed by atoms with Crippen molar-refractivity contribution in [3.63, 3.8) is 0 Å². The number of rotatable bonds is 10. The number of hydrogen-bond donors (Lipinski definition) is 1. The zero-order valence-electron chi connectivity index (χ0n) is 21.7. The zero-order chi connectivity index (χ0) is 29.9.